The summed E-state index contributed by atoms with van der Waals surface area (Å²) < 4.78 is 0. The number of hydroxylamine groups is 1. The third-order valence-electron chi connectivity index (χ3n) is 1.15. The third-order valence-corrected chi connectivity index (χ3v) is 1.15. The van der Waals surface area contributed by atoms with Gasteiger partial charge in [-0.1, -0.05) is 0 Å². The van der Waals surface area contributed by atoms with Crippen molar-refractivity contribution in [2.75, 3.05) is 6.54 Å². The molecule has 94 valence electrons. The summed E-state index contributed by atoms with van der Waals surface area (Å²) in [5.41, 5.74) is 11.8. The van der Waals surface area contributed by atoms with Crippen LogP contribution in [0.3, 0.4) is 0 Å². The highest BCUT2D eigenvalue weighted by Gasteiger charge is 2.09. The van der Waals surface area contributed by atoms with Crippen molar-refractivity contribution in [1.82, 2.24) is 5.48 Å². The molecule has 0 bridgehead atoms. The van der Waals surface area contributed by atoms with E-state index in [0.717, 1.165) is 6.92 Å². The zero-order valence-electron chi connectivity index (χ0n) is 8.75. The van der Waals surface area contributed by atoms with E-state index in [-0.39, 0.29) is 18.9 Å². The number of nitrogens with one attached hydrogen (secondary N) is 1. The minimum Gasteiger partial charge on any atom is -0.481 e. The zero-order chi connectivity index (χ0) is 13.1. The largest absolute Gasteiger partial charge is 0.481 e. The number of nitrogens with zero attached hydrogens (tertiary/aromatic N) is 1. The number of aliphatic carboxylic acids is 2. The van der Waals surface area contributed by atoms with Gasteiger partial charge in [-0.3, -0.25) is 19.8 Å². The van der Waals surface area contributed by atoms with Gasteiger partial charge in [0.05, 0.1) is 0 Å². The number of guanidine groups is 1. The Kier molecular flexibility index (Phi) is 10.0. The second-order valence-corrected chi connectivity index (χ2v) is 2.63. The number of hydrogen-bond acceptors (Lipinski definition) is 5. The highest BCUT2D eigenvalue weighted by Crippen LogP contribution is 1.88. The number of nitrogens with two attached hydrogens (primary N) is 2. The molecule has 0 amide bonds. The fourth-order valence-electron chi connectivity index (χ4n) is 0.483. The number of hydrogen-bond donors (Lipinski definition) is 6. The van der Waals surface area contributed by atoms with Gasteiger partial charge in [-0.05, 0) is 6.42 Å². The Morgan fingerprint density at radius 1 is 1.44 bits per heavy atom. The molecule has 9 nitrogen and oxygen atoms in total. The molecule has 0 aromatic rings. The summed E-state index contributed by atoms with van der Waals surface area (Å²) in [6.07, 6.45) is 0.178. The van der Waals surface area contributed by atoms with Crippen molar-refractivity contribution in [2.45, 2.75) is 19.4 Å². The quantitative estimate of drug-likeness (QED) is 0.188. The molecule has 0 saturated heterocycles. The molecule has 9 heteroatoms. The normalized spacial score (nSPS) is 12.1. The molecule has 0 fully saturated rings. The van der Waals surface area contributed by atoms with Crippen molar-refractivity contribution < 1.29 is 25.0 Å². The lowest BCUT2D eigenvalue weighted by Crippen LogP contribution is -2.32. The summed E-state index contributed by atoms with van der Waals surface area (Å²) >= 11 is 0. The maximum absolute atomic E-state index is 10.2. The Hall–Kier alpha value is -1.87. The Balaban J connectivity index is 0. The van der Waals surface area contributed by atoms with Gasteiger partial charge in [-0.2, -0.15) is 0 Å². The van der Waals surface area contributed by atoms with Crippen molar-refractivity contribution in [3.63, 3.8) is 0 Å². The fourth-order valence-corrected chi connectivity index (χ4v) is 0.483. The molecule has 0 unspecified atom stereocenters. The molecule has 0 radical (unpaired) electrons. The molecule has 0 aliphatic rings. The molecule has 0 rings (SSSR count). The maximum atomic E-state index is 10.2. The summed E-state index contributed by atoms with van der Waals surface area (Å²) in [6, 6.07) is -0.944. The highest BCUT2D eigenvalue weighted by molar-refractivity contribution is 5.76. The van der Waals surface area contributed by atoms with E-state index < -0.39 is 18.0 Å². The molecule has 1 atom stereocenters. The average Bonchev–Trinajstić information content (AvgIpc) is 2.16. The number of carboxylic acid groups (broad SMARTS) is 2. The summed E-state index contributed by atoms with van der Waals surface area (Å²) in [4.78, 5) is 22.7. The van der Waals surface area contributed by atoms with E-state index >= 15 is 0 Å². The van der Waals surface area contributed by atoms with Crippen LogP contribution in [0, 0.1) is 0 Å². The van der Waals surface area contributed by atoms with Crippen LogP contribution in [-0.4, -0.2) is 45.9 Å². The Morgan fingerprint density at radius 2 is 1.88 bits per heavy atom. The first-order chi connectivity index (χ1) is 7.31. The molecule has 0 aliphatic carbocycles. The van der Waals surface area contributed by atoms with Gasteiger partial charge in [0, 0.05) is 13.5 Å². The first-order valence-electron chi connectivity index (χ1n) is 4.19. The Labute approximate surface area is 91.7 Å². The number of carboxylic acids is 2. The standard InChI is InChI=1S/C5H12N4O3.C2H4O2/c6-3(4(10)11)1-2-8-5(7)9-12;1-2(3)4/h3,12H,1-2,6H2,(H,10,11)(H3,7,8,9);1H3,(H,3,4)/t3-;/m0./s1. The summed E-state index contributed by atoms with van der Waals surface area (Å²) in [7, 11) is 0. The predicted molar refractivity (Wildman–Crippen MR) is 54.9 cm³/mol. The molecular formula is C7H16N4O5. The van der Waals surface area contributed by atoms with Crippen LogP contribution in [-0.2, 0) is 9.59 Å². The van der Waals surface area contributed by atoms with Gasteiger partial charge < -0.3 is 21.7 Å². The van der Waals surface area contributed by atoms with E-state index in [9.17, 15) is 4.79 Å². The van der Waals surface area contributed by atoms with Crippen molar-refractivity contribution in [3.05, 3.63) is 0 Å². The molecule has 0 spiro atoms. The number of carbonyl (C=O) groups is 2. The minimum absolute atomic E-state index is 0.160. The minimum atomic E-state index is -1.08. The van der Waals surface area contributed by atoms with Gasteiger partial charge in [-0.25, -0.2) is 5.48 Å². The van der Waals surface area contributed by atoms with E-state index in [1.54, 1.807) is 5.48 Å². The van der Waals surface area contributed by atoms with Gasteiger partial charge in [-0.15, -0.1) is 0 Å². The SMILES string of the molecule is CC(=O)O.NC(=NCC[C@H](N)C(=O)O)NO. The van der Waals surface area contributed by atoms with Gasteiger partial charge in [0.25, 0.3) is 5.97 Å². The maximum Gasteiger partial charge on any atom is 0.320 e. The van der Waals surface area contributed by atoms with E-state index in [1.807, 2.05) is 0 Å². The van der Waals surface area contributed by atoms with Crippen molar-refractivity contribution in [2.24, 2.45) is 16.5 Å². The molecule has 8 N–H and O–H groups in total. The fraction of sp³-hybridized carbons (Fsp3) is 0.571. The molecule has 0 aromatic carbocycles. The first-order valence-corrected chi connectivity index (χ1v) is 4.19. The lowest BCUT2D eigenvalue weighted by Gasteiger charge is -2.03. The second-order valence-electron chi connectivity index (χ2n) is 2.63. The van der Waals surface area contributed by atoms with E-state index in [0.29, 0.717) is 0 Å². The first kappa shape index (κ1) is 16.6. The molecule has 0 aliphatic heterocycles. The Bertz CT molecular complexity index is 251. The van der Waals surface area contributed by atoms with Crippen LogP contribution in [0.15, 0.2) is 4.99 Å². The molecule has 0 saturated carbocycles. The van der Waals surface area contributed by atoms with Crippen LogP contribution in [0.2, 0.25) is 0 Å². The van der Waals surface area contributed by atoms with Gasteiger partial charge in [0.2, 0.25) is 5.96 Å². The Morgan fingerprint density at radius 3 is 2.19 bits per heavy atom. The lowest BCUT2D eigenvalue weighted by atomic mass is 10.2. The topological polar surface area (TPSA) is 171 Å². The van der Waals surface area contributed by atoms with Gasteiger partial charge in [0.1, 0.15) is 6.04 Å². The zero-order valence-corrected chi connectivity index (χ0v) is 8.75. The lowest BCUT2D eigenvalue weighted by molar-refractivity contribution is -0.138. The van der Waals surface area contributed by atoms with Crippen molar-refractivity contribution >= 4 is 17.9 Å². The molecule has 16 heavy (non-hydrogen) atoms. The van der Waals surface area contributed by atoms with E-state index in [2.05, 4.69) is 4.99 Å². The highest BCUT2D eigenvalue weighted by atomic mass is 16.5. The van der Waals surface area contributed by atoms with Crippen molar-refractivity contribution in [3.8, 4) is 0 Å². The number of rotatable bonds is 4. The van der Waals surface area contributed by atoms with E-state index in [4.69, 9.17) is 31.7 Å². The van der Waals surface area contributed by atoms with E-state index in [1.165, 1.54) is 0 Å². The van der Waals surface area contributed by atoms with Crippen LogP contribution in [0.4, 0.5) is 0 Å². The summed E-state index contributed by atoms with van der Waals surface area (Å²) in [6.45, 7) is 1.24. The van der Waals surface area contributed by atoms with Crippen LogP contribution in [0.25, 0.3) is 0 Å². The number of aliphatic imine (C=N–C) groups is 1. The van der Waals surface area contributed by atoms with Gasteiger partial charge >= 0.3 is 5.97 Å². The van der Waals surface area contributed by atoms with Crippen LogP contribution < -0.4 is 16.9 Å². The molecular weight excluding hydrogens is 220 g/mol. The molecule has 0 aromatic heterocycles. The van der Waals surface area contributed by atoms with Gasteiger partial charge in [0.15, 0.2) is 0 Å². The second kappa shape index (κ2) is 9.68. The average molecular weight is 236 g/mol. The van der Waals surface area contributed by atoms with Crippen LogP contribution in [0.1, 0.15) is 13.3 Å². The van der Waals surface area contributed by atoms with Crippen molar-refractivity contribution in [1.29, 1.82) is 0 Å². The van der Waals surface area contributed by atoms with Crippen LogP contribution >= 0.6 is 0 Å². The molecule has 0 heterocycles. The van der Waals surface area contributed by atoms with Crippen LogP contribution in [0.5, 0.6) is 0 Å². The monoisotopic (exact) mass is 236 g/mol. The predicted octanol–water partition coefficient (Wildman–Crippen LogP) is -1.83. The third kappa shape index (κ3) is 14.6. The smallest absolute Gasteiger partial charge is 0.320 e. The summed E-state index contributed by atoms with van der Waals surface area (Å²) in [5.74, 6) is -2.08. The summed E-state index contributed by atoms with van der Waals surface area (Å²) in [5, 5.41) is 23.9.